The van der Waals surface area contributed by atoms with E-state index in [-0.39, 0.29) is 30.6 Å². The molecule has 0 saturated carbocycles. The van der Waals surface area contributed by atoms with E-state index in [0.717, 1.165) is 11.3 Å². The number of hydrogen-bond acceptors (Lipinski definition) is 4. The van der Waals surface area contributed by atoms with Crippen LogP contribution in [0.1, 0.15) is 38.4 Å². The highest BCUT2D eigenvalue weighted by molar-refractivity contribution is 6.34. The molecule has 1 aromatic heterocycles. The summed E-state index contributed by atoms with van der Waals surface area (Å²) < 4.78 is 13.7. The van der Waals surface area contributed by atoms with Crippen LogP contribution >= 0.6 is 0 Å². The first-order valence-corrected chi connectivity index (χ1v) is 11.2. The molecule has 1 aliphatic rings. The van der Waals surface area contributed by atoms with Gasteiger partial charge in [0.1, 0.15) is 5.82 Å². The number of anilines is 2. The number of nitrogens with zero attached hydrogens (tertiary/aromatic N) is 1. The molecule has 2 amide bonds. The number of ketones is 1. The average molecular weight is 475 g/mol. The number of benzene rings is 2. The van der Waals surface area contributed by atoms with Gasteiger partial charge in [-0.3, -0.25) is 14.4 Å². The molecule has 7 nitrogen and oxygen atoms in total. The highest BCUT2D eigenvalue weighted by atomic mass is 19.1. The maximum Gasteiger partial charge on any atom is 0.256 e. The summed E-state index contributed by atoms with van der Waals surface area (Å²) in [6, 6.07) is 11.8. The highest BCUT2D eigenvalue weighted by Crippen LogP contribution is 2.34. The number of halogens is 1. The van der Waals surface area contributed by atoms with Crippen molar-refractivity contribution in [2.45, 2.75) is 20.3 Å². The lowest BCUT2D eigenvalue weighted by molar-refractivity contribution is -0.117. The van der Waals surface area contributed by atoms with E-state index in [1.54, 1.807) is 19.9 Å². The Balaban J connectivity index is 1.46. The van der Waals surface area contributed by atoms with Gasteiger partial charge in [0.25, 0.3) is 11.8 Å². The van der Waals surface area contributed by atoms with Crippen LogP contribution in [0, 0.1) is 19.7 Å². The van der Waals surface area contributed by atoms with Crippen molar-refractivity contribution < 1.29 is 18.8 Å². The van der Waals surface area contributed by atoms with Gasteiger partial charge in [-0.2, -0.15) is 0 Å². The Hall–Kier alpha value is -4.20. The molecule has 0 bridgehead atoms. The Labute approximate surface area is 203 Å². The van der Waals surface area contributed by atoms with Crippen LogP contribution in [0.25, 0.3) is 11.6 Å². The first kappa shape index (κ1) is 23.9. The van der Waals surface area contributed by atoms with Crippen molar-refractivity contribution in [2.75, 3.05) is 30.9 Å². The number of aromatic nitrogens is 1. The summed E-state index contributed by atoms with van der Waals surface area (Å²) in [6.45, 7) is 3.42. The van der Waals surface area contributed by atoms with Crippen molar-refractivity contribution in [2.24, 2.45) is 0 Å². The van der Waals surface area contributed by atoms with Crippen LogP contribution in [0.5, 0.6) is 0 Å². The molecule has 2 heterocycles. The molecule has 8 heteroatoms. The number of Topliss-reactive ketones (excluding diaryl/α,β-unsaturated/α-hetero) is 1. The smallest absolute Gasteiger partial charge is 0.256 e. The molecule has 0 aliphatic carbocycles. The summed E-state index contributed by atoms with van der Waals surface area (Å²) in [6.07, 6.45) is 1.84. The number of rotatable bonds is 7. The Morgan fingerprint density at radius 2 is 1.80 bits per heavy atom. The second-order valence-corrected chi connectivity index (χ2v) is 8.82. The Kier molecular flexibility index (Phi) is 6.55. The molecule has 180 valence electrons. The predicted octanol–water partition coefficient (Wildman–Crippen LogP) is 3.87. The van der Waals surface area contributed by atoms with Crippen LogP contribution < -0.4 is 15.5 Å². The van der Waals surface area contributed by atoms with Crippen molar-refractivity contribution in [1.82, 2.24) is 10.3 Å². The van der Waals surface area contributed by atoms with Crippen LogP contribution in [0.3, 0.4) is 0 Å². The van der Waals surface area contributed by atoms with Gasteiger partial charge >= 0.3 is 0 Å². The standard InChI is InChI=1S/C27H27FN4O3/c1-15-24(13-22-21-12-18(28)7-10-23(21)31-26(22)34)30-16(2)25(15)27(35)29-14-20(33)11-17-5-8-19(9-6-17)32(3)4/h5-10,12-13,30H,11,14H2,1-4H3,(H,29,35)(H,31,34)/b22-13-. The fraction of sp³-hybridized carbons (Fsp3) is 0.222. The van der Waals surface area contributed by atoms with Crippen LogP contribution in [-0.4, -0.2) is 43.2 Å². The third-order valence-corrected chi connectivity index (χ3v) is 6.06. The van der Waals surface area contributed by atoms with Gasteiger partial charge in [0.15, 0.2) is 5.78 Å². The molecule has 3 aromatic rings. The van der Waals surface area contributed by atoms with E-state index in [1.165, 1.54) is 18.2 Å². The van der Waals surface area contributed by atoms with E-state index in [2.05, 4.69) is 15.6 Å². The molecule has 0 atom stereocenters. The SMILES string of the molecule is Cc1[nH]c(/C=C2\C(=O)Nc3ccc(F)cc32)c(C)c1C(=O)NCC(=O)Cc1ccc(N(C)C)cc1. The lowest BCUT2D eigenvalue weighted by Gasteiger charge is -2.12. The number of H-pyrrole nitrogens is 1. The molecular formula is C27H27FN4O3. The minimum absolute atomic E-state index is 0.0934. The van der Waals surface area contributed by atoms with Crippen molar-refractivity contribution in [3.8, 4) is 0 Å². The number of carbonyl (C=O) groups excluding carboxylic acids is 3. The molecule has 0 fully saturated rings. The summed E-state index contributed by atoms with van der Waals surface area (Å²) >= 11 is 0. The van der Waals surface area contributed by atoms with E-state index in [4.69, 9.17) is 0 Å². The molecular weight excluding hydrogens is 447 g/mol. The van der Waals surface area contributed by atoms with Crippen LogP contribution in [-0.2, 0) is 16.0 Å². The quantitative estimate of drug-likeness (QED) is 0.453. The van der Waals surface area contributed by atoms with E-state index in [1.807, 2.05) is 43.3 Å². The van der Waals surface area contributed by atoms with Gasteiger partial charge < -0.3 is 20.5 Å². The average Bonchev–Trinajstić information content (AvgIpc) is 3.27. The van der Waals surface area contributed by atoms with E-state index in [0.29, 0.717) is 39.3 Å². The zero-order valence-electron chi connectivity index (χ0n) is 20.1. The number of nitrogens with one attached hydrogen (secondary N) is 3. The lowest BCUT2D eigenvalue weighted by Crippen LogP contribution is -2.31. The number of amides is 2. The molecule has 0 radical (unpaired) electrons. The fourth-order valence-corrected chi connectivity index (χ4v) is 4.18. The fourth-order valence-electron chi connectivity index (χ4n) is 4.18. The Morgan fingerprint density at radius 1 is 1.09 bits per heavy atom. The van der Waals surface area contributed by atoms with Gasteiger partial charge in [-0.25, -0.2) is 4.39 Å². The van der Waals surface area contributed by atoms with E-state index < -0.39 is 5.82 Å². The summed E-state index contributed by atoms with van der Waals surface area (Å²) in [5, 5.41) is 5.42. The highest BCUT2D eigenvalue weighted by Gasteiger charge is 2.26. The number of carbonyl (C=O) groups is 3. The first-order chi connectivity index (χ1) is 16.6. The summed E-state index contributed by atoms with van der Waals surface area (Å²) in [7, 11) is 3.90. The molecule has 0 unspecified atom stereocenters. The molecule has 35 heavy (non-hydrogen) atoms. The van der Waals surface area contributed by atoms with Crippen LogP contribution in [0.15, 0.2) is 42.5 Å². The van der Waals surface area contributed by atoms with E-state index in [9.17, 15) is 18.8 Å². The maximum atomic E-state index is 13.7. The minimum atomic E-state index is -0.441. The van der Waals surface area contributed by atoms with Crippen molar-refractivity contribution >= 4 is 40.6 Å². The summed E-state index contributed by atoms with van der Waals surface area (Å²) in [5.41, 5.74) is 5.47. The second kappa shape index (κ2) is 9.58. The van der Waals surface area contributed by atoms with Crippen molar-refractivity contribution in [3.63, 3.8) is 0 Å². The Bertz CT molecular complexity index is 1350. The Morgan fingerprint density at radius 3 is 2.49 bits per heavy atom. The molecule has 1 aliphatic heterocycles. The number of hydrogen-bond donors (Lipinski definition) is 3. The topological polar surface area (TPSA) is 94.3 Å². The second-order valence-electron chi connectivity index (χ2n) is 8.82. The van der Waals surface area contributed by atoms with Crippen molar-refractivity contribution in [3.05, 3.63) is 81.9 Å². The normalized spacial score (nSPS) is 13.5. The number of aryl methyl sites for hydroxylation is 1. The first-order valence-electron chi connectivity index (χ1n) is 11.2. The van der Waals surface area contributed by atoms with Gasteiger partial charge in [0.2, 0.25) is 0 Å². The van der Waals surface area contributed by atoms with Crippen LogP contribution in [0.2, 0.25) is 0 Å². The minimum Gasteiger partial charge on any atom is -0.378 e. The maximum absolute atomic E-state index is 13.7. The zero-order chi connectivity index (χ0) is 25.3. The number of aromatic amines is 1. The van der Waals surface area contributed by atoms with E-state index >= 15 is 0 Å². The van der Waals surface area contributed by atoms with Gasteiger partial charge in [0, 0.05) is 48.8 Å². The molecule has 0 saturated heterocycles. The molecule has 2 aromatic carbocycles. The van der Waals surface area contributed by atoms with Gasteiger partial charge in [-0.1, -0.05) is 12.1 Å². The third-order valence-electron chi connectivity index (χ3n) is 6.06. The van der Waals surface area contributed by atoms with Gasteiger partial charge in [0.05, 0.1) is 17.7 Å². The molecule has 0 spiro atoms. The largest absolute Gasteiger partial charge is 0.378 e. The lowest BCUT2D eigenvalue weighted by atomic mass is 10.0. The van der Waals surface area contributed by atoms with Gasteiger partial charge in [-0.15, -0.1) is 0 Å². The zero-order valence-corrected chi connectivity index (χ0v) is 20.1. The predicted molar refractivity (Wildman–Crippen MR) is 135 cm³/mol. The molecule has 4 rings (SSSR count). The molecule has 3 N–H and O–H groups in total. The van der Waals surface area contributed by atoms with Crippen LogP contribution in [0.4, 0.5) is 15.8 Å². The number of fused-ring (bicyclic) bond motifs is 1. The van der Waals surface area contributed by atoms with Gasteiger partial charge in [-0.05, 0) is 61.4 Å². The summed E-state index contributed by atoms with van der Waals surface area (Å²) in [4.78, 5) is 42.9. The summed E-state index contributed by atoms with van der Waals surface area (Å²) in [5.74, 6) is -1.26. The van der Waals surface area contributed by atoms with Crippen molar-refractivity contribution in [1.29, 1.82) is 0 Å². The monoisotopic (exact) mass is 474 g/mol. The third kappa shape index (κ3) is 5.01.